The molecule has 0 aromatic carbocycles. The van der Waals surface area contributed by atoms with E-state index in [1.165, 1.54) is 0 Å². The van der Waals surface area contributed by atoms with E-state index >= 15 is 0 Å². The molecule has 1 rings (SSSR count). The van der Waals surface area contributed by atoms with Crippen molar-refractivity contribution in [1.82, 2.24) is 15.1 Å². The molecule has 0 aromatic heterocycles. The van der Waals surface area contributed by atoms with Gasteiger partial charge in [0.05, 0.1) is 6.54 Å². The number of piperazine rings is 1. The number of nitrogens with one attached hydrogen (secondary N) is 1. The van der Waals surface area contributed by atoms with Crippen LogP contribution in [-0.2, 0) is 9.59 Å². The smallest absolute Gasteiger partial charge is 0.234 e. The van der Waals surface area contributed by atoms with Crippen molar-refractivity contribution >= 4 is 11.8 Å². The maximum Gasteiger partial charge on any atom is 0.234 e. The van der Waals surface area contributed by atoms with E-state index in [9.17, 15) is 9.59 Å². The molecular weight excluding hydrogens is 266 g/mol. The molecule has 0 aromatic rings. The number of nitrogens with zero attached hydrogens (tertiary/aromatic N) is 2. The molecule has 21 heavy (non-hydrogen) atoms. The number of hydrogen-bond donors (Lipinski definition) is 1. The molecule has 0 radical (unpaired) electrons. The van der Waals surface area contributed by atoms with Crippen molar-refractivity contribution in [3.8, 4) is 0 Å². The van der Waals surface area contributed by atoms with Gasteiger partial charge in [-0.3, -0.25) is 14.5 Å². The van der Waals surface area contributed by atoms with E-state index < -0.39 is 0 Å². The summed E-state index contributed by atoms with van der Waals surface area (Å²) in [6, 6.07) is 0.229. The summed E-state index contributed by atoms with van der Waals surface area (Å²) in [5.41, 5.74) is 0.0321. The van der Waals surface area contributed by atoms with Crippen LogP contribution in [0.1, 0.15) is 47.5 Å². The van der Waals surface area contributed by atoms with E-state index in [0.29, 0.717) is 13.0 Å². The Kier molecular flexibility index (Phi) is 6.65. The summed E-state index contributed by atoms with van der Waals surface area (Å²) in [6.07, 6.45) is 1.53. The third kappa shape index (κ3) is 6.93. The fraction of sp³-hybridized carbons (Fsp3) is 0.875. The first-order valence-electron chi connectivity index (χ1n) is 8.01. The second-order valence-electron chi connectivity index (χ2n) is 7.27. The molecule has 1 fully saturated rings. The lowest BCUT2D eigenvalue weighted by Gasteiger charge is -2.35. The van der Waals surface area contributed by atoms with Crippen molar-refractivity contribution in [1.29, 1.82) is 0 Å². The number of rotatable bonds is 5. The van der Waals surface area contributed by atoms with Crippen LogP contribution in [0.3, 0.4) is 0 Å². The first-order valence-corrected chi connectivity index (χ1v) is 8.01. The van der Waals surface area contributed by atoms with Gasteiger partial charge in [0, 0.05) is 38.6 Å². The molecule has 1 aliphatic rings. The molecule has 1 aliphatic heterocycles. The minimum absolute atomic E-state index is 0.0321. The zero-order chi connectivity index (χ0) is 16.0. The predicted octanol–water partition coefficient (Wildman–Crippen LogP) is 1.48. The highest BCUT2D eigenvalue weighted by molar-refractivity contribution is 5.78. The van der Waals surface area contributed by atoms with Crippen molar-refractivity contribution in [2.24, 2.45) is 5.41 Å². The number of hydrogen-bond acceptors (Lipinski definition) is 3. The first-order chi connectivity index (χ1) is 9.71. The topological polar surface area (TPSA) is 52.7 Å². The summed E-state index contributed by atoms with van der Waals surface area (Å²) < 4.78 is 0. The summed E-state index contributed by atoms with van der Waals surface area (Å²) in [5.74, 6) is 0.310. The Hall–Kier alpha value is -1.10. The van der Waals surface area contributed by atoms with E-state index in [1.807, 2.05) is 11.8 Å². The molecule has 0 saturated carbocycles. The Balaban J connectivity index is 2.32. The molecule has 5 nitrogen and oxygen atoms in total. The quantitative estimate of drug-likeness (QED) is 0.836. The van der Waals surface area contributed by atoms with Gasteiger partial charge in [0.2, 0.25) is 11.8 Å². The molecule has 1 saturated heterocycles. The fourth-order valence-corrected chi connectivity index (χ4v) is 2.35. The lowest BCUT2D eigenvalue weighted by molar-refractivity contribution is -0.135. The van der Waals surface area contributed by atoms with Crippen LogP contribution in [0.2, 0.25) is 0 Å². The van der Waals surface area contributed by atoms with Crippen molar-refractivity contribution in [3.63, 3.8) is 0 Å². The zero-order valence-electron chi connectivity index (χ0n) is 14.2. The van der Waals surface area contributed by atoms with Gasteiger partial charge in [0.15, 0.2) is 0 Å². The standard InChI is InChI=1S/C16H31N3O2/c1-6-13(2)17-14(20)12-18-7-9-19(10-8-18)15(21)11-16(3,4)5/h13H,6-12H2,1-5H3,(H,17,20). The van der Waals surface area contributed by atoms with Crippen LogP contribution < -0.4 is 5.32 Å². The maximum atomic E-state index is 12.2. The van der Waals surface area contributed by atoms with E-state index in [4.69, 9.17) is 0 Å². The summed E-state index contributed by atoms with van der Waals surface area (Å²) in [6.45, 7) is 13.8. The van der Waals surface area contributed by atoms with Crippen molar-refractivity contribution < 1.29 is 9.59 Å². The SMILES string of the molecule is CCC(C)NC(=O)CN1CCN(C(=O)CC(C)(C)C)CC1. The molecule has 1 heterocycles. The Morgan fingerprint density at radius 1 is 1.14 bits per heavy atom. The van der Waals surface area contributed by atoms with Gasteiger partial charge in [-0.25, -0.2) is 0 Å². The van der Waals surface area contributed by atoms with Gasteiger partial charge in [-0.2, -0.15) is 0 Å². The average Bonchev–Trinajstić information content (AvgIpc) is 2.37. The molecule has 1 unspecified atom stereocenters. The molecule has 1 atom stereocenters. The summed E-state index contributed by atoms with van der Waals surface area (Å²) in [7, 11) is 0. The van der Waals surface area contributed by atoms with Crippen LogP contribution in [0, 0.1) is 5.41 Å². The molecule has 0 spiro atoms. The third-order valence-electron chi connectivity index (χ3n) is 3.79. The van der Waals surface area contributed by atoms with Gasteiger partial charge < -0.3 is 10.2 Å². The van der Waals surface area contributed by atoms with Crippen LogP contribution in [0.25, 0.3) is 0 Å². The van der Waals surface area contributed by atoms with Crippen LogP contribution in [0.15, 0.2) is 0 Å². The van der Waals surface area contributed by atoms with E-state index in [0.717, 1.165) is 32.6 Å². The predicted molar refractivity (Wildman–Crippen MR) is 85.0 cm³/mol. The Morgan fingerprint density at radius 3 is 2.19 bits per heavy atom. The van der Waals surface area contributed by atoms with Crippen LogP contribution in [0.5, 0.6) is 0 Å². The van der Waals surface area contributed by atoms with Crippen molar-refractivity contribution in [2.45, 2.75) is 53.5 Å². The van der Waals surface area contributed by atoms with E-state index in [-0.39, 0.29) is 23.3 Å². The van der Waals surface area contributed by atoms with Gasteiger partial charge in [0.1, 0.15) is 0 Å². The van der Waals surface area contributed by atoms with Crippen molar-refractivity contribution in [2.75, 3.05) is 32.7 Å². The Morgan fingerprint density at radius 2 is 1.71 bits per heavy atom. The van der Waals surface area contributed by atoms with Gasteiger partial charge in [-0.05, 0) is 18.8 Å². The number of carbonyl (C=O) groups is 2. The maximum absolute atomic E-state index is 12.2. The molecule has 0 bridgehead atoms. The van der Waals surface area contributed by atoms with Crippen LogP contribution in [-0.4, -0.2) is 60.4 Å². The monoisotopic (exact) mass is 297 g/mol. The average molecular weight is 297 g/mol. The van der Waals surface area contributed by atoms with Gasteiger partial charge in [-0.1, -0.05) is 27.7 Å². The second kappa shape index (κ2) is 7.78. The first kappa shape index (κ1) is 18.0. The van der Waals surface area contributed by atoms with E-state index in [2.05, 4.69) is 37.9 Å². The third-order valence-corrected chi connectivity index (χ3v) is 3.79. The molecule has 5 heteroatoms. The van der Waals surface area contributed by atoms with Gasteiger partial charge in [0.25, 0.3) is 0 Å². The molecule has 122 valence electrons. The van der Waals surface area contributed by atoms with Crippen LogP contribution in [0.4, 0.5) is 0 Å². The molecule has 1 N–H and O–H groups in total. The lowest BCUT2D eigenvalue weighted by atomic mass is 9.91. The lowest BCUT2D eigenvalue weighted by Crippen LogP contribution is -2.52. The molecule has 0 aliphatic carbocycles. The number of amides is 2. The van der Waals surface area contributed by atoms with E-state index in [1.54, 1.807) is 0 Å². The second-order valence-corrected chi connectivity index (χ2v) is 7.27. The minimum Gasteiger partial charge on any atom is -0.353 e. The zero-order valence-corrected chi connectivity index (χ0v) is 14.2. The summed E-state index contributed by atoms with van der Waals surface area (Å²) in [5, 5.41) is 2.98. The van der Waals surface area contributed by atoms with Crippen LogP contribution >= 0.6 is 0 Å². The molecule has 2 amide bonds. The normalized spacial score (nSPS) is 18.4. The minimum atomic E-state index is 0.0321. The highest BCUT2D eigenvalue weighted by atomic mass is 16.2. The highest BCUT2D eigenvalue weighted by Gasteiger charge is 2.25. The Labute approximate surface area is 129 Å². The molecular formula is C16H31N3O2. The Bertz CT molecular complexity index is 355. The highest BCUT2D eigenvalue weighted by Crippen LogP contribution is 2.20. The largest absolute Gasteiger partial charge is 0.353 e. The van der Waals surface area contributed by atoms with Gasteiger partial charge >= 0.3 is 0 Å². The fourth-order valence-electron chi connectivity index (χ4n) is 2.35. The summed E-state index contributed by atoms with van der Waals surface area (Å²) >= 11 is 0. The van der Waals surface area contributed by atoms with Crippen molar-refractivity contribution in [3.05, 3.63) is 0 Å². The number of carbonyl (C=O) groups excluding carboxylic acids is 2. The van der Waals surface area contributed by atoms with Gasteiger partial charge in [-0.15, -0.1) is 0 Å². The summed E-state index contributed by atoms with van der Waals surface area (Å²) in [4.78, 5) is 28.1.